The summed E-state index contributed by atoms with van der Waals surface area (Å²) in [7, 11) is 0. The third-order valence-corrected chi connectivity index (χ3v) is 4.28. The van der Waals surface area contributed by atoms with Crippen LogP contribution in [0.25, 0.3) is 22.6 Å². The molecule has 0 N–H and O–H groups in total. The number of nitro groups is 1. The first-order valence-corrected chi connectivity index (χ1v) is 7.63. The van der Waals surface area contributed by atoms with Crippen molar-refractivity contribution in [3.8, 4) is 11.6 Å². The number of nitrogens with zero attached hydrogens (tertiary/aromatic N) is 4. The van der Waals surface area contributed by atoms with Crippen LogP contribution in [0.15, 0.2) is 51.9 Å². The highest BCUT2D eigenvalue weighted by Gasteiger charge is 2.13. The summed E-state index contributed by atoms with van der Waals surface area (Å²) in [5.41, 5.74) is 0.396. The zero-order valence-electron chi connectivity index (χ0n) is 11.9. The van der Waals surface area contributed by atoms with E-state index in [1.165, 1.54) is 34.2 Å². The molecule has 3 heterocycles. The van der Waals surface area contributed by atoms with Crippen molar-refractivity contribution in [3.05, 3.63) is 73.2 Å². The second-order valence-electron chi connectivity index (χ2n) is 4.87. The van der Waals surface area contributed by atoms with Crippen LogP contribution >= 0.6 is 11.3 Å². The lowest BCUT2D eigenvalue weighted by molar-refractivity contribution is -0.384. The maximum Gasteiger partial charge on any atom is 0.291 e. The number of furan rings is 1. The van der Waals surface area contributed by atoms with Crippen LogP contribution in [0.1, 0.15) is 5.56 Å². The molecule has 3 aromatic heterocycles. The lowest BCUT2D eigenvalue weighted by Gasteiger charge is -1.92. The van der Waals surface area contributed by atoms with E-state index in [0.29, 0.717) is 26.6 Å². The van der Waals surface area contributed by atoms with E-state index in [4.69, 9.17) is 4.42 Å². The summed E-state index contributed by atoms with van der Waals surface area (Å²) in [5.74, 6) is 0.844. The van der Waals surface area contributed by atoms with Gasteiger partial charge in [0.15, 0.2) is 5.76 Å². The average Bonchev–Trinajstić information content (AvgIpc) is 3.27. The third-order valence-electron chi connectivity index (χ3n) is 3.33. The van der Waals surface area contributed by atoms with Crippen LogP contribution in [0.2, 0.25) is 0 Å². The molecule has 0 amide bonds. The molecule has 0 saturated heterocycles. The summed E-state index contributed by atoms with van der Waals surface area (Å²) in [6.07, 6.45) is 3.16. The van der Waals surface area contributed by atoms with Gasteiger partial charge in [0, 0.05) is 12.1 Å². The highest BCUT2D eigenvalue weighted by molar-refractivity contribution is 7.15. The highest BCUT2D eigenvalue weighted by atomic mass is 32.1. The fraction of sp³-hybridized carbons (Fsp3) is 0. The zero-order valence-corrected chi connectivity index (χ0v) is 12.8. The van der Waals surface area contributed by atoms with E-state index < -0.39 is 4.92 Å². The van der Waals surface area contributed by atoms with Gasteiger partial charge in [-0.25, -0.2) is 0 Å². The van der Waals surface area contributed by atoms with Crippen molar-refractivity contribution >= 4 is 28.1 Å². The Morgan fingerprint density at radius 2 is 2.04 bits per heavy atom. The summed E-state index contributed by atoms with van der Waals surface area (Å²) < 4.78 is 6.89. The molecule has 0 aliphatic heterocycles. The zero-order chi connectivity index (χ0) is 16.7. The molecule has 0 bridgehead atoms. The molecule has 8 nitrogen and oxygen atoms in total. The third kappa shape index (κ3) is 2.36. The van der Waals surface area contributed by atoms with E-state index in [9.17, 15) is 14.9 Å². The van der Waals surface area contributed by atoms with Crippen molar-refractivity contribution in [2.45, 2.75) is 0 Å². The van der Waals surface area contributed by atoms with Crippen molar-refractivity contribution in [1.82, 2.24) is 14.6 Å². The van der Waals surface area contributed by atoms with E-state index in [-0.39, 0.29) is 11.2 Å². The topological polar surface area (TPSA) is 104 Å². The molecule has 0 spiro atoms. The van der Waals surface area contributed by atoms with Gasteiger partial charge in [-0.15, -0.1) is 5.10 Å². The van der Waals surface area contributed by atoms with Crippen molar-refractivity contribution < 1.29 is 9.34 Å². The smallest absolute Gasteiger partial charge is 0.291 e. The molecule has 0 fully saturated rings. The molecule has 0 atom stereocenters. The van der Waals surface area contributed by atoms with Crippen molar-refractivity contribution in [1.29, 1.82) is 0 Å². The minimum atomic E-state index is -0.470. The van der Waals surface area contributed by atoms with Crippen LogP contribution in [0.4, 0.5) is 5.69 Å². The Morgan fingerprint density at radius 3 is 2.67 bits per heavy atom. The van der Waals surface area contributed by atoms with Gasteiger partial charge in [0.05, 0.1) is 15.7 Å². The Labute approximate surface area is 137 Å². The fourth-order valence-electron chi connectivity index (χ4n) is 2.19. The minimum Gasteiger partial charge on any atom is -0.461 e. The van der Waals surface area contributed by atoms with E-state index in [2.05, 4.69) is 10.1 Å². The Bertz CT molecular complexity index is 1140. The number of benzene rings is 1. The quantitative estimate of drug-likeness (QED) is 0.416. The molecule has 4 rings (SSSR count). The number of hydrogen-bond donors (Lipinski definition) is 0. The van der Waals surface area contributed by atoms with Gasteiger partial charge in [0.25, 0.3) is 11.2 Å². The number of non-ortho nitro benzene ring substituents is 1. The molecular weight excluding hydrogens is 332 g/mol. The summed E-state index contributed by atoms with van der Waals surface area (Å²) in [4.78, 5) is 27.3. The van der Waals surface area contributed by atoms with E-state index >= 15 is 0 Å². The monoisotopic (exact) mass is 340 g/mol. The van der Waals surface area contributed by atoms with E-state index in [0.717, 1.165) is 0 Å². The Balaban J connectivity index is 1.77. The molecule has 0 radical (unpaired) electrons. The number of aromatic nitrogens is 3. The van der Waals surface area contributed by atoms with Gasteiger partial charge in [-0.2, -0.15) is 9.50 Å². The highest BCUT2D eigenvalue weighted by Crippen LogP contribution is 2.16. The molecule has 0 aliphatic rings. The standard InChI is InChI=1S/C15H8N4O4S/c20-14-12(8-9-3-5-10(6-4-9)19(21)22)24-15-16-13(17-18(14)15)11-2-1-7-23-11/h1-8H. The molecule has 0 unspecified atom stereocenters. The Morgan fingerprint density at radius 1 is 1.25 bits per heavy atom. The Hall–Kier alpha value is -3.33. The first-order valence-electron chi connectivity index (χ1n) is 6.81. The number of hydrogen-bond acceptors (Lipinski definition) is 7. The SMILES string of the molecule is O=c1c(=Cc2ccc([N+](=O)[O-])cc2)sc2nc(-c3ccco3)nn12. The van der Waals surface area contributed by atoms with Crippen LogP contribution in [0.5, 0.6) is 0 Å². The lowest BCUT2D eigenvalue weighted by Crippen LogP contribution is -2.23. The fourth-order valence-corrected chi connectivity index (χ4v) is 3.10. The van der Waals surface area contributed by atoms with Crippen LogP contribution in [0.3, 0.4) is 0 Å². The summed E-state index contributed by atoms with van der Waals surface area (Å²) in [6.45, 7) is 0. The average molecular weight is 340 g/mol. The van der Waals surface area contributed by atoms with Gasteiger partial charge in [-0.1, -0.05) is 11.3 Å². The van der Waals surface area contributed by atoms with Crippen molar-refractivity contribution in [2.24, 2.45) is 0 Å². The number of rotatable bonds is 3. The number of thiazole rings is 1. The normalized spacial score (nSPS) is 12.1. The minimum absolute atomic E-state index is 0.000218. The van der Waals surface area contributed by atoms with Crippen LogP contribution in [-0.4, -0.2) is 19.5 Å². The van der Waals surface area contributed by atoms with Gasteiger partial charge in [-0.05, 0) is 35.9 Å². The van der Waals surface area contributed by atoms with E-state index in [1.807, 2.05) is 0 Å². The van der Waals surface area contributed by atoms with Gasteiger partial charge in [-0.3, -0.25) is 14.9 Å². The number of fused-ring (bicyclic) bond motifs is 1. The van der Waals surface area contributed by atoms with Gasteiger partial charge < -0.3 is 4.42 Å². The molecular formula is C15H8N4O4S. The Kier molecular flexibility index (Phi) is 3.21. The first kappa shape index (κ1) is 14.3. The predicted octanol–water partition coefficient (Wildman–Crippen LogP) is 1.87. The van der Waals surface area contributed by atoms with Crippen LogP contribution < -0.4 is 10.1 Å². The maximum absolute atomic E-state index is 12.4. The van der Waals surface area contributed by atoms with Crippen LogP contribution in [0, 0.1) is 10.1 Å². The van der Waals surface area contributed by atoms with Crippen molar-refractivity contribution in [2.75, 3.05) is 0 Å². The molecule has 1 aromatic carbocycles. The maximum atomic E-state index is 12.4. The summed E-state index contributed by atoms with van der Waals surface area (Å²) in [6, 6.07) is 9.39. The lowest BCUT2D eigenvalue weighted by atomic mass is 10.2. The van der Waals surface area contributed by atoms with Crippen LogP contribution in [-0.2, 0) is 0 Å². The first-order chi connectivity index (χ1) is 11.6. The second-order valence-corrected chi connectivity index (χ2v) is 5.88. The van der Waals surface area contributed by atoms with Crippen molar-refractivity contribution in [3.63, 3.8) is 0 Å². The molecule has 4 aromatic rings. The molecule has 118 valence electrons. The molecule has 9 heteroatoms. The number of nitro benzene ring substituents is 1. The molecule has 24 heavy (non-hydrogen) atoms. The summed E-state index contributed by atoms with van der Waals surface area (Å²) in [5, 5.41) is 14.8. The molecule has 0 aliphatic carbocycles. The van der Waals surface area contributed by atoms with Gasteiger partial charge in [0.2, 0.25) is 10.8 Å². The van der Waals surface area contributed by atoms with Gasteiger partial charge in [0.1, 0.15) is 0 Å². The van der Waals surface area contributed by atoms with E-state index in [1.54, 1.807) is 30.3 Å². The summed E-state index contributed by atoms with van der Waals surface area (Å²) >= 11 is 1.19. The van der Waals surface area contributed by atoms with Gasteiger partial charge >= 0.3 is 0 Å². The predicted molar refractivity (Wildman–Crippen MR) is 86.7 cm³/mol. The second kappa shape index (κ2) is 5.39. The largest absolute Gasteiger partial charge is 0.461 e. The molecule has 0 saturated carbocycles.